The van der Waals surface area contributed by atoms with Gasteiger partial charge in [0.15, 0.2) is 17.5 Å². The lowest BCUT2D eigenvalue weighted by atomic mass is 9.97. The summed E-state index contributed by atoms with van der Waals surface area (Å²) in [6.07, 6.45) is 0.883. The van der Waals surface area contributed by atoms with E-state index in [1.807, 2.05) is 38.1 Å². The molecule has 0 aliphatic rings. The summed E-state index contributed by atoms with van der Waals surface area (Å²) in [5.74, 6) is -3.77. The third-order valence-corrected chi connectivity index (χ3v) is 3.35. The van der Waals surface area contributed by atoms with Crippen molar-refractivity contribution in [1.82, 2.24) is 5.32 Å². The quantitative estimate of drug-likeness (QED) is 0.800. The highest BCUT2D eigenvalue weighted by molar-refractivity contribution is 5.34. The van der Waals surface area contributed by atoms with E-state index in [1.165, 1.54) is 0 Å². The van der Waals surface area contributed by atoms with Gasteiger partial charge >= 0.3 is 0 Å². The van der Waals surface area contributed by atoms with E-state index in [-0.39, 0.29) is 6.04 Å². The van der Waals surface area contributed by atoms with Crippen LogP contribution in [0.5, 0.6) is 0 Å². The number of hydrogen-bond donors (Lipinski definition) is 1. The van der Waals surface area contributed by atoms with Crippen LogP contribution < -0.4 is 5.32 Å². The fourth-order valence-corrected chi connectivity index (χ4v) is 2.22. The van der Waals surface area contributed by atoms with Crippen molar-refractivity contribution in [3.8, 4) is 0 Å². The minimum Gasteiger partial charge on any atom is -0.306 e. The van der Waals surface area contributed by atoms with Gasteiger partial charge in [-0.1, -0.05) is 36.8 Å². The average Bonchev–Trinajstić information content (AvgIpc) is 2.46. The number of rotatable bonds is 5. The van der Waals surface area contributed by atoms with Crippen LogP contribution in [0.3, 0.4) is 0 Å². The minimum atomic E-state index is -1.43. The number of halogens is 3. The van der Waals surface area contributed by atoms with Gasteiger partial charge in [0, 0.05) is 0 Å². The van der Waals surface area contributed by atoms with Crippen molar-refractivity contribution >= 4 is 0 Å². The topological polar surface area (TPSA) is 12.0 Å². The molecule has 1 N–H and O–H groups in total. The molecule has 1 atom stereocenters. The number of benzene rings is 2. The standard InChI is InChI=1S/C17H18F3N/c1-3-8-21-17(12-6-4-11(2)5-7-12)13-9-14(18)16(20)15(19)10-13/h4-7,9-10,17,21H,3,8H2,1-2H3. The first-order valence-electron chi connectivity index (χ1n) is 6.97. The van der Waals surface area contributed by atoms with Crippen LogP contribution in [0.2, 0.25) is 0 Å². The van der Waals surface area contributed by atoms with Gasteiger partial charge < -0.3 is 5.32 Å². The molecule has 2 rings (SSSR count). The van der Waals surface area contributed by atoms with Crippen LogP contribution in [-0.4, -0.2) is 6.54 Å². The SMILES string of the molecule is CCCNC(c1ccc(C)cc1)c1cc(F)c(F)c(F)c1. The molecule has 4 heteroatoms. The summed E-state index contributed by atoms with van der Waals surface area (Å²) in [5, 5.41) is 3.24. The van der Waals surface area contributed by atoms with Gasteiger partial charge in [-0.15, -0.1) is 0 Å². The largest absolute Gasteiger partial charge is 0.306 e. The highest BCUT2D eigenvalue weighted by Crippen LogP contribution is 2.25. The van der Waals surface area contributed by atoms with Gasteiger partial charge in [-0.2, -0.15) is 0 Å². The van der Waals surface area contributed by atoms with Crippen molar-refractivity contribution in [2.75, 3.05) is 6.54 Å². The van der Waals surface area contributed by atoms with Crippen LogP contribution in [0.15, 0.2) is 36.4 Å². The Kier molecular flexibility index (Phi) is 5.02. The van der Waals surface area contributed by atoms with Gasteiger partial charge in [0.05, 0.1) is 6.04 Å². The maximum Gasteiger partial charge on any atom is 0.194 e. The van der Waals surface area contributed by atoms with Crippen molar-refractivity contribution in [1.29, 1.82) is 0 Å². The minimum absolute atomic E-state index is 0.366. The van der Waals surface area contributed by atoms with Gasteiger partial charge in [0.25, 0.3) is 0 Å². The first kappa shape index (κ1) is 15.6. The zero-order chi connectivity index (χ0) is 15.4. The molecule has 21 heavy (non-hydrogen) atoms. The van der Waals surface area contributed by atoms with E-state index in [1.54, 1.807) is 0 Å². The van der Waals surface area contributed by atoms with E-state index in [4.69, 9.17) is 0 Å². The first-order chi connectivity index (χ1) is 10.0. The monoisotopic (exact) mass is 293 g/mol. The number of nitrogens with one attached hydrogen (secondary N) is 1. The van der Waals surface area contributed by atoms with E-state index >= 15 is 0 Å². The molecule has 0 aliphatic heterocycles. The lowest BCUT2D eigenvalue weighted by molar-refractivity contribution is 0.442. The second-order valence-electron chi connectivity index (χ2n) is 5.10. The van der Waals surface area contributed by atoms with E-state index < -0.39 is 17.5 Å². The van der Waals surface area contributed by atoms with Gasteiger partial charge in [0.1, 0.15) is 0 Å². The highest BCUT2D eigenvalue weighted by Gasteiger charge is 2.18. The lowest BCUT2D eigenvalue weighted by Crippen LogP contribution is -2.23. The molecule has 0 fully saturated rings. The maximum atomic E-state index is 13.5. The Bertz CT molecular complexity index is 585. The second-order valence-corrected chi connectivity index (χ2v) is 5.10. The van der Waals surface area contributed by atoms with E-state index in [9.17, 15) is 13.2 Å². The molecule has 0 saturated carbocycles. The van der Waals surface area contributed by atoms with E-state index in [0.29, 0.717) is 12.1 Å². The predicted molar refractivity (Wildman–Crippen MR) is 77.6 cm³/mol. The molecule has 1 nitrogen and oxygen atoms in total. The van der Waals surface area contributed by atoms with Gasteiger partial charge in [-0.05, 0) is 43.1 Å². The van der Waals surface area contributed by atoms with E-state index in [0.717, 1.165) is 29.7 Å². The normalized spacial score (nSPS) is 12.4. The Labute approximate surface area is 122 Å². The Morgan fingerprint density at radius 3 is 2.05 bits per heavy atom. The molecule has 0 radical (unpaired) electrons. The Balaban J connectivity index is 2.42. The van der Waals surface area contributed by atoms with Crippen LogP contribution in [0.1, 0.15) is 36.1 Å². The summed E-state index contributed by atoms with van der Waals surface area (Å²) in [6, 6.07) is 9.41. The van der Waals surface area contributed by atoms with Crippen LogP contribution in [0, 0.1) is 24.4 Å². The molecule has 0 bridgehead atoms. The van der Waals surface area contributed by atoms with E-state index in [2.05, 4.69) is 5.32 Å². The summed E-state index contributed by atoms with van der Waals surface area (Å²) in [7, 11) is 0. The smallest absolute Gasteiger partial charge is 0.194 e. The fraction of sp³-hybridized carbons (Fsp3) is 0.294. The highest BCUT2D eigenvalue weighted by atomic mass is 19.2. The molecule has 1 unspecified atom stereocenters. The summed E-state index contributed by atoms with van der Waals surface area (Å²) in [5.41, 5.74) is 2.37. The molecule has 0 saturated heterocycles. The predicted octanol–water partition coefficient (Wildman–Crippen LogP) is 4.50. The lowest BCUT2D eigenvalue weighted by Gasteiger charge is -2.20. The van der Waals surface area contributed by atoms with Crippen LogP contribution in [0.4, 0.5) is 13.2 Å². The Hall–Kier alpha value is -1.81. The molecule has 112 valence electrons. The molecule has 2 aromatic carbocycles. The number of aryl methyl sites for hydroxylation is 1. The zero-order valence-corrected chi connectivity index (χ0v) is 12.1. The van der Waals surface area contributed by atoms with Crippen molar-refractivity contribution in [3.63, 3.8) is 0 Å². The van der Waals surface area contributed by atoms with Crippen molar-refractivity contribution in [3.05, 3.63) is 70.5 Å². The second kappa shape index (κ2) is 6.76. The zero-order valence-electron chi connectivity index (χ0n) is 12.1. The van der Waals surface area contributed by atoms with Crippen LogP contribution in [0.25, 0.3) is 0 Å². The molecule has 2 aromatic rings. The van der Waals surface area contributed by atoms with Crippen LogP contribution >= 0.6 is 0 Å². The Morgan fingerprint density at radius 1 is 0.952 bits per heavy atom. The first-order valence-corrected chi connectivity index (χ1v) is 6.97. The summed E-state index contributed by atoms with van der Waals surface area (Å²) in [6.45, 7) is 4.67. The van der Waals surface area contributed by atoms with Crippen LogP contribution in [-0.2, 0) is 0 Å². The summed E-state index contributed by atoms with van der Waals surface area (Å²) < 4.78 is 40.0. The van der Waals surface area contributed by atoms with Gasteiger partial charge in [-0.3, -0.25) is 0 Å². The van der Waals surface area contributed by atoms with Crippen molar-refractivity contribution in [2.24, 2.45) is 0 Å². The van der Waals surface area contributed by atoms with Gasteiger partial charge in [0.2, 0.25) is 0 Å². The third-order valence-electron chi connectivity index (χ3n) is 3.35. The Morgan fingerprint density at radius 2 is 1.52 bits per heavy atom. The molecule has 0 amide bonds. The number of hydrogen-bond acceptors (Lipinski definition) is 1. The molecule has 0 aliphatic carbocycles. The van der Waals surface area contributed by atoms with Crippen molar-refractivity contribution < 1.29 is 13.2 Å². The summed E-state index contributed by atoms with van der Waals surface area (Å²) in [4.78, 5) is 0. The van der Waals surface area contributed by atoms with Gasteiger partial charge in [-0.25, -0.2) is 13.2 Å². The molecular formula is C17H18F3N. The molecule has 0 aromatic heterocycles. The average molecular weight is 293 g/mol. The molecule has 0 heterocycles. The molecular weight excluding hydrogens is 275 g/mol. The maximum absolute atomic E-state index is 13.5. The summed E-state index contributed by atoms with van der Waals surface area (Å²) >= 11 is 0. The third kappa shape index (κ3) is 3.64. The van der Waals surface area contributed by atoms with Crippen molar-refractivity contribution in [2.45, 2.75) is 26.3 Å². The fourth-order valence-electron chi connectivity index (χ4n) is 2.22. The molecule has 0 spiro atoms.